The Morgan fingerprint density at radius 2 is 2.53 bits per heavy atom. The average Bonchev–Trinajstić information content (AvgIpc) is 2.29. The number of ether oxygens (including phenoxy) is 1. The van der Waals surface area contributed by atoms with Crippen LogP contribution >= 0.6 is 0 Å². The van der Waals surface area contributed by atoms with E-state index < -0.39 is 6.17 Å². The fraction of sp³-hybridized carbons (Fsp3) is 0.300. The van der Waals surface area contributed by atoms with Gasteiger partial charge in [-0.2, -0.15) is 0 Å². The van der Waals surface area contributed by atoms with Gasteiger partial charge in [0.05, 0.1) is 18.5 Å². The van der Waals surface area contributed by atoms with Crippen molar-refractivity contribution in [3.63, 3.8) is 0 Å². The van der Waals surface area contributed by atoms with Crippen molar-refractivity contribution in [3.8, 4) is 0 Å². The Labute approximate surface area is 87.2 Å². The molecule has 1 aromatic heterocycles. The van der Waals surface area contributed by atoms with E-state index in [-0.39, 0.29) is 5.97 Å². The van der Waals surface area contributed by atoms with Crippen LogP contribution in [0.5, 0.6) is 0 Å². The first-order valence-electron chi connectivity index (χ1n) is 4.71. The van der Waals surface area contributed by atoms with Gasteiger partial charge >= 0.3 is 5.97 Å². The fourth-order valence-electron chi connectivity index (χ4n) is 1.32. The van der Waals surface area contributed by atoms with Crippen LogP contribution in [0.2, 0.25) is 0 Å². The molecule has 1 N–H and O–H groups in total. The fourth-order valence-corrected chi connectivity index (χ4v) is 1.32. The second-order valence-electron chi connectivity index (χ2n) is 3.04. The summed E-state index contributed by atoms with van der Waals surface area (Å²) in [6, 6.07) is 1.83. The number of aliphatic imine (C=N–C) groups is 1. The lowest BCUT2D eigenvalue weighted by atomic mass is 10.2. The number of hydrogen-bond donors (Lipinski definition) is 1. The predicted octanol–water partition coefficient (Wildman–Crippen LogP) is 0.815. The summed E-state index contributed by atoms with van der Waals surface area (Å²) >= 11 is 0. The number of pyridine rings is 1. The van der Waals surface area contributed by atoms with E-state index in [9.17, 15) is 4.79 Å². The molecule has 0 amide bonds. The molecule has 0 radical (unpaired) electrons. The average molecular weight is 205 g/mol. The van der Waals surface area contributed by atoms with E-state index >= 15 is 0 Å². The SMILES string of the molecule is CCOC(=O)C1N=Cc2ccncc2N1. The maximum absolute atomic E-state index is 11.4. The van der Waals surface area contributed by atoms with Gasteiger partial charge in [-0.25, -0.2) is 4.79 Å². The van der Waals surface area contributed by atoms with E-state index in [4.69, 9.17) is 4.74 Å². The lowest BCUT2D eigenvalue weighted by Gasteiger charge is -2.19. The van der Waals surface area contributed by atoms with Gasteiger partial charge in [0.25, 0.3) is 0 Å². The zero-order valence-electron chi connectivity index (χ0n) is 8.30. The van der Waals surface area contributed by atoms with Crippen molar-refractivity contribution in [2.45, 2.75) is 13.1 Å². The van der Waals surface area contributed by atoms with Gasteiger partial charge in [-0.15, -0.1) is 0 Å². The number of nitrogens with one attached hydrogen (secondary N) is 1. The topological polar surface area (TPSA) is 63.6 Å². The molecule has 1 aliphatic heterocycles. The lowest BCUT2D eigenvalue weighted by Crippen LogP contribution is -2.32. The summed E-state index contributed by atoms with van der Waals surface area (Å²) in [5.41, 5.74) is 1.72. The van der Waals surface area contributed by atoms with Crippen LogP contribution in [0, 0.1) is 0 Å². The summed E-state index contributed by atoms with van der Waals surface area (Å²) in [5.74, 6) is -0.372. The number of carbonyl (C=O) groups excluding carboxylic acids is 1. The van der Waals surface area contributed by atoms with Crippen molar-refractivity contribution in [1.29, 1.82) is 0 Å². The van der Waals surface area contributed by atoms with E-state index in [0.717, 1.165) is 11.3 Å². The van der Waals surface area contributed by atoms with Gasteiger partial charge in [-0.3, -0.25) is 9.98 Å². The first-order valence-corrected chi connectivity index (χ1v) is 4.71. The van der Waals surface area contributed by atoms with E-state index in [0.29, 0.717) is 6.61 Å². The molecule has 1 aromatic rings. The zero-order chi connectivity index (χ0) is 10.7. The van der Waals surface area contributed by atoms with Crippen LogP contribution in [0.4, 0.5) is 5.69 Å². The molecule has 1 unspecified atom stereocenters. The van der Waals surface area contributed by atoms with Crippen molar-refractivity contribution < 1.29 is 9.53 Å². The Hall–Kier alpha value is -1.91. The maximum atomic E-state index is 11.4. The molecule has 0 spiro atoms. The van der Waals surface area contributed by atoms with Crippen molar-refractivity contribution in [3.05, 3.63) is 24.0 Å². The number of rotatable bonds is 2. The highest BCUT2D eigenvalue weighted by molar-refractivity contribution is 5.93. The molecule has 78 valence electrons. The van der Waals surface area contributed by atoms with Crippen LogP contribution in [-0.4, -0.2) is 29.9 Å². The van der Waals surface area contributed by atoms with Crippen LogP contribution in [-0.2, 0) is 9.53 Å². The number of hydrogen-bond acceptors (Lipinski definition) is 5. The van der Waals surface area contributed by atoms with Crippen molar-refractivity contribution in [2.24, 2.45) is 4.99 Å². The van der Waals surface area contributed by atoms with E-state index in [2.05, 4.69) is 15.3 Å². The molecule has 0 saturated heterocycles. The van der Waals surface area contributed by atoms with Gasteiger partial charge in [0, 0.05) is 18.0 Å². The summed E-state index contributed by atoms with van der Waals surface area (Å²) in [7, 11) is 0. The molecule has 5 nitrogen and oxygen atoms in total. The largest absolute Gasteiger partial charge is 0.463 e. The molecule has 0 saturated carbocycles. The molecule has 1 atom stereocenters. The third-order valence-corrected chi connectivity index (χ3v) is 2.02. The minimum atomic E-state index is -0.651. The number of carbonyl (C=O) groups is 1. The number of esters is 1. The molecular weight excluding hydrogens is 194 g/mol. The molecule has 0 aromatic carbocycles. The molecule has 2 heterocycles. The van der Waals surface area contributed by atoms with Crippen LogP contribution in [0.3, 0.4) is 0 Å². The number of nitrogens with zero attached hydrogens (tertiary/aromatic N) is 2. The normalized spacial score (nSPS) is 17.8. The van der Waals surface area contributed by atoms with Crippen LogP contribution in [0.25, 0.3) is 0 Å². The number of anilines is 1. The Balaban J connectivity index is 2.15. The van der Waals surface area contributed by atoms with Crippen molar-refractivity contribution in [2.75, 3.05) is 11.9 Å². The third kappa shape index (κ3) is 1.96. The van der Waals surface area contributed by atoms with Gasteiger partial charge in [-0.1, -0.05) is 0 Å². The zero-order valence-corrected chi connectivity index (χ0v) is 8.30. The highest BCUT2D eigenvalue weighted by Gasteiger charge is 2.21. The van der Waals surface area contributed by atoms with E-state index in [1.807, 2.05) is 6.07 Å². The molecule has 0 fully saturated rings. The van der Waals surface area contributed by atoms with Crippen LogP contribution in [0.1, 0.15) is 12.5 Å². The summed E-state index contributed by atoms with van der Waals surface area (Å²) in [4.78, 5) is 19.4. The summed E-state index contributed by atoms with van der Waals surface area (Å²) in [6.45, 7) is 2.12. The Morgan fingerprint density at radius 3 is 3.33 bits per heavy atom. The molecule has 15 heavy (non-hydrogen) atoms. The van der Waals surface area contributed by atoms with Crippen LogP contribution < -0.4 is 5.32 Å². The summed E-state index contributed by atoms with van der Waals surface area (Å²) in [6.07, 6.45) is 4.33. The molecule has 5 heteroatoms. The van der Waals surface area contributed by atoms with Crippen molar-refractivity contribution >= 4 is 17.9 Å². The Morgan fingerprint density at radius 1 is 1.67 bits per heavy atom. The minimum Gasteiger partial charge on any atom is -0.463 e. The third-order valence-electron chi connectivity index (χ3n) is 2.02. The van der Waals surface area contributed by atoms with Gasteiger partial charge in [0.1, 0.15) is 0 Å². The van der Waals surface area contributed by atoms with Crippen LogP contribution in [0.15, 0.2) is 23.5 Å². The number of aromatic nitrogens is 1. The first-order chi connectivity index (χ1) is 7.31. The van der Waals surface area contributed by atoms with Crippen molar-refractivity contribution in [1.82, 2.24) is 4.98 Å². The predicted molar refractivity (Wildman–Crippen MR) is 55.9 cm³/mol. The minimum absolute atomic E-state index is 0.354. The monoisotopic (exact) mass is 205 g/mol. The summed E-state index contributed by atoms with van der Waals surface area (Å²) < 4.78 is 4.86. The molecule has 0 bridgehead atoms. The standard InChI is InChI=1S/C10H11N3O2/c1-2-15-10(14)9-12-5-7-3-4-11-6-8(7)13-9/h3-6,9,13H,2H2,1H3. The smallest absolute Gasteiger partial charge is 0.351 e. The molecule has 0 aliphatic carbocycles. The summed E-state index contributed by atoms with van der Waals surface area (Å²) in [5, 5.41) is 2.95. The number of fused-ring (bicyclic) bond motifs is 1. The molecular formula is C10H11N3O2. The highest BCUT2D eigenvalue weighted by Crippen LogP contribution is 2.17. The maximum Gasteiger partial charge on any atom is 0.351 e. The Bertz CT molecular complexity index is 403. The van der Waals surface area contributed by atoms with Gasteiger partial charge in [-0.05, 0) is 13.0 Å². The lowest BCUT2D eigenvalue weighted by molar-refractivity contribution is -0.143. The second kappa shape index (κ2) is 4.08. The van der Waals surface area contributed by atoms with Gasteiger partial charge in [0.15, 0.2) is 0 Å². The van der Waals surface area contributed by atoms with E-state index in [1.165, 1.54) is 0 Å². The van der Waals surface area contributed by atoms with E-state index in [1.54, 1.807) is 25.5 Å². The second-order valence-corrected chi connectivity index (χ2v) is 3.04. The van der Waals surface area contributed by atoms with Gasteiger partial charge in [0.2, 0.25) is 6.17 Å². The molecule has 2 rings (SSSR count). The molecule has 1 aliphatic rings. The quantitative estimate of drug-likeness (QED) is 0.726. The highest BCUT2D eigenvalue weighted by atomic mass is 16.5. The van der Waals surface area contributed by atoms with Gasteiger partial charge < -0.3 is 10.1 Å². The Kier molecular flexibility index (Phi) is 2.62. The first kappa shape index (κ1) is 9.64.